The second-order valence-electron chi connectivity index (χ2n) is 5.54. The predicted molar refractivity (Wildman–Crippen MR) is 95.4 cm³/mol. The summed E-state index contributed by atoms with van der Waals surface area (Å²) in [5, 5.41) is 3.79. The molecule has 1 aliphatic rings. The number of halogens is 1. The van der Waals surface area contributed by atoms with Crippen LogP contribution >= 0.6 is 11.6 Å². The van der Waals surface area contributed by atoms with Crippen LogP contribution in [0.2, 0.25) is 5.02 Å². The highest BCUT2D eigenvalue weighted by Crippen LogP contribution is 2.10. The summed E-state index contributed by atoms with van der Waals surface area (Å²) in [4.78, 5) is 27.8. The van der Waals surface area contributed by atoms with Crippen molar-refractivity contribution in [3.63, 3.8) is 0 Å². The van der Waals surface area contributed by atoms with Gasteiger partial charge in [0.1, 0.15) is 0 Å². The third-order valence-electron chi connectivity index (χ3n) is 3.79. The second-order valence-corrected chi connectivity index (χ2v) is 5.98. The molecule has 7 heteroatoms. The smallest absolute Gasteiger partial charge is 0.274 e. The van der Waals surface area contributed by atoms with Crippen molar-refractivity contribution < 1.29 is 14.6 Å². The van der Waals surface area contributed by atoms with Gasteiger partial charge in [-0.1, -0.05) is 23.7 Å². The number of hydrazine groups is 1. The molecule has 0 aromatic heterocycles. The van der Waals surface area contributed by atoms with E-state index in [1.165, 1.54) is 0 Å². The van der Waals surface area contributed by atoms with Gasteiger partial charge in [-0.2, -0.15) is 0 Å². The zero-order valence-electron chi connectivity index (χ0n) is 13.4. The molecular weight excluding hydrogens is 340 g/mol. The molecule has 2 amide bonds. The van der Waals surface area contributed by atoms with E-state index < -0.39 is 5.91 Å². The van der Waals surface area contributed by atoms with E-state index in [0.29, 0.717) is 16.1 Å². The zero-order valence-corrected chi connectivity index (χ0v) is 14.2. The summed E-state index contributed by atoms with van der Waals surface area (Å²) in [5.41, 5.74) is 6.50. The molecule has 0 saturated carbocycles. The first kappa shape index (κ1) is 17.0. The Morgan fingerprint density at radius 3 is 2.44 bits per heavy atom. The van der Waals surface area contributed by atoms with E-state index in [9.17, 15) is 9.59 Å². The first-order valence-corrected chi connectivity index (χ1v) is 8.33. The molecule has 128 valence electrons. The first-order chi connectivity index (χ1) is 12.1. The number of rotatable bonds is 3. The number of benzene rings is 2. The van der Waals surface area contributed by atoms with Crippen molar-refractivity contribution >= 4 is 29.3 Å². The molecule has 2 aromatic carbocycles. The molecule has 0 bridgehead atoms. The van der Waals surface area contributed by atoms with Crippen molar-refractivity contribution in [1.82, 2.24) is 16.2 Å². The van der Waals surface area contributed by atoms with E-state index in [0.717, 1.165) is 30.9 Å². The minimum Gasteiger partial charge on any atom is -0.274 e. The molecule has 0 unspecified atom stereocenters. The fourth-order valence-corrected chi connectivity index (χ4v) is 2.65. The van der Waals surface area contributed by atoms with Gasteiger partial charge in [-0.25, -0.2) is 0 Å². The largest absolute Gasteiger partial charge is 0.275 e. The number of amidine groups is 1. The molecule has 25 heavy (non-hydrogen) atoms. The van der Waals surface area contributed by atoms with E-state index in [-0.39, 0.29) is 5.91 Å². The summed E-state index contributed by atoms with van der Waals surface area (Å²) in [6.45, 7) is 1.71. The van der Waals surface area contributed by atoms with E-state index in [4.69, 9.17) is 11.6 Å². The van der Waals surface area contributed by atoms with Crippen LogP contribution in [0, 0.1) is 0 Å². The number of amides is 2. The Hall–Kier alpha value is -2.86. The second kappa shape index (κ2) is 7.81. The Bertz CT molecular complexity index is 818. The van der Waals surface area contributed by atoms with Crippen LogP contribution in [0.25, 0.3) is 0 Å². The Kier molecular flexibility index (Phi) is 5.30. The van der Waals surface area contributed by atoms with E-state index in [1.54, 1.807) is 36.4 Å². The Balaban J connectivity index is 1.70. The van der Waals surface area contributed by atoms with Crippen LogP contribution in [0.15, 0.2) is 48.5 Å². The van der Waals surface area contributed by atoms with Crippen molar-refractivity contribution in [1.29, 1.82) is 0 Å². The fraction of sp³-hybridized carbons (Fsp3) is 0.167. The molecule has 3 rings (SSSR count). The molecule has 0 atom stereocenters. The van der Waals surface area contributed by atoms with Gasteiger partial charge in [0.05, 0.1) is 24.2 Å². The van der Waals surface area contributed by atoms with Crippen LogP contribution in [0.3, 0.4) is 0 Å². The Labute approximate surface area is 150 Å². The molecule has 6 nitrogen and oxygen atoms in total. The number of carbonyl (C=O) groups is 2. The number of hydrogen-bond donors (Lipinski definition) is 4. The minimum absolute atomic E-state index is 0.389. The maximum Gasteiger partial charge on any atom is 0.275 e. The fourth-order valence-electron chi connectivity index (χ4n) is 2.52. The first-order valence-electron chi connectivity index (χ1n) is 7.95. The van der Waals surface area contributed by atoms with Crippen molar-refractivity contribution in [2.45, 2.75) is 6.42 Å². The minimum atomic E-state index is -0.413. The van der Waals surface area contributed by atoms with Gasteiger partial charge < -0.3 is 0 Å². The molecular formula is C18H18ClN4O2+. The number of hydrogen-bond acceptors (Lipinski definition) is 3. The van der Waals surface area contributed by atoms with Crippen LogP contribution in [-0.2, 0) is 0 Å². The molecule has 4 N–H and O–H groups in total. The molecule has 0 spiro atoms. The van der Waals surface area contributed by atoms with Crippen LogP contribution in [0.5, 0.6) is 0 Å². The maximum absolute atomic E-state index is 12.5. The summed E-state index contributed by atoms with van der Waals surface area (Å²) in [6.07, 6.45) is 1.02. The summed E-state index contributed by atoms with van der Waals surface area (Å²) in [5.74, 6) is 0.0182. The predicted octanol–water partition coefficient (Wildman–Crippen LogP) is 0.235. The zero-order chi connectivity index (χ0) is 17.6. The van der Waals surface area contributed by atoms with Gasteiger partial charge in [0.25, 0.3) is 17.6 Å². The van der Waals surface area contributed by atoms with Crippen LogP contribution in [0.4, 0.5) is 0 Å². The quantitative estimate of drug-likeness (QED) is 0.594. The molecule has 1 heterocycles. The third-order valence-corrected chi connectivity index (χ3v) is 4.05. The molecule has 2 aromatic rings. The summed E-state index contributed by atoms with van der Waals surface area (Å²) < 4.78 is 0. The van der Waals surface area contributed by atoms with Crippen molar-refractivity contribution in [2.24, 2.45) is 0 Å². The highest BCUT2D eigenvalue weighted by molar-refractivity contribution is 6.30. The van der Waals surface area contributed by atoms with Crippen LogP contribution in [-0.4, -0.2) is 30.7 Å². The standard InChI is InChI=1S/C18H17ClN4O2/c19-13-8-6-12(7-9-13)17(24)22-23-18(25)15-5-2-1-4-14(15)16-20-10-3-11-21-16/h1-2,4-9H,3,10-11H2,(H,20,21)(H,22,24)(H,23,25)/p+1. The lowest BCUT2D eigenvalue weighted by atomic mass is 10.1. The lowest BCUT2D eigenvalue weighted by molar-refractivity contribution is -0.463. The van der Waals surface area contributed by atoms with Gasteiger partial charge in [0.15, 0.2) is 0 Å². The van der Waals surface area contributed by atoms with Gasteiger partial charge in [0, 0.05) is 17.0 Å². The van der Waals surface area contributed by atoms with Crippen LogP contribution < -0.4 is 21.2 Å². The Morgan fingerprint density at radius 1 is 1.00 bits per heavy atom. The summed E-state index contributed by atoms with van der Waals surface area (Å²) >= 11 is 5.80. The lowest BCUT2D eigenvalue weighted by Gasteiger charge is -2.13. The lowest BCUT2D eigenvalue weighted by Crippen LogP contribution is -2.79. The van der Waals surface area contributed by atoms with Gasteiger partial charge >= 0.3 is 0 Å². The normalized spacial score (nSPS) is 13.4. The molecule has 1 aliphatic heterocycles. The van der Waals surface area contributed by atoms with Gasteiger partial charge in [-0.15, -0.1) is 0 Å². The highest BCUT2D eigenvalue weighted by Gasteiger charge is 2.21. The van der Waals surface area contributed by atoms with E-state index >= 15 is 0 Å². The highest BCUT2D eigenvalue weighted by atomic mass is 35.5. The monoisotopic (exact) mass is 357 g/mol. The van der Waals surface area contributed by atoms with Crippen LogP contribution in [0.1, 0.15) is 32.7 Å². The van der Waals surface area contributed by atoms with Gasteiger partial charge in [0.2, 0.25) is 0 Å². The van der Waals surface area contributed by atoms with Gasteiger partial charge in [-0.05, 0) is 36.4 Å². The van der Waals surface area contributed by atoms with Crippen molar-refractivity contribution in [3.8, 4) is 0 Å². The molecule has 0 radical (unpaired) electrons. The maximum atomic E-state index is 12.5. The molecule has 0 fully saturated rings. The van der Waals surface area contributed by atoms with E-state index in [1.807, 2.05) is 12.1 Å². The average molecular weight is 358 g/mol. The average Bonchev–Trinajstić information content (AvgIpc) is 2.67. The van der Waals surface area contributed by atoms with Crippen molar-refractivity contribution in [2.75, 3.05) is 13.1 Å². The molecule has 0 aliphatic carbocycles. The van der Waals surface area contributed by atoms with Gasteiger partial charge in [-0.3, -0.25) is 30.7 Å². The third kappa shape index (κ3) is 4.16. The van der Waals surface area contributed by atoms with Crippen molar-refractivity contribution in [3.05, 3.63) is 70.2 Å². The SMILES string of the molecule is O=C(NNC(=O)c1ccccc1C1=[NH+]CCCN1)c1ccc(Cl)cc1. The topological polar surface area (TPSA) is 84.2 Å². The summed E-state index contributed by atoms with van der Waals surface area (Å²) in [6, 6.07) is 13.6. The van der Waals surface area contributed by atoms with E-state index in [2.05, 4.69) is 21.2 Å². The number of carbonyl (C=O) groups excluding carboxylic acids is 2. The number of nitrogens with one attached hydrogen (secondary N) is 4. The summed E-state index contributed by atoms with van der Waals surface area (Å²) in [7, 11) is 0. The molecule has 0 saturated heterocycles. The Morgan fingerprint density at radius 2 is 1.72 bits per heavy atom.